The number of rotatable bonds is 9. The molecule has 36 heavy (non-hydrogen) atoms. The summed E-state index contributed by atoms with van der Waals surface area (Å²) in [6.45, 7) is 2.07. The molecule has 0 spiro atoms. The Morgan fingerprint density at radius 3 is 2.61 bits per heavy atom. The highest BCUT2D eigenvalue weighted by molar-refractivity contribution is 5.84. The maximum absolute atomic E-state index is 12.2. The number of fused-ring (bicyclic) bond motifs is 1. The number of aromatic nitrogens is 4. The highest BCUT2D eigenvalue weighted by Crippen LogP contribution is 2.26. The van der Waals surface area contributed by atoms with Gasteiger partial charge in [-0.25, -0.2) is 24.5 Å². The number of aliphatic carboxylic acids is 1. The molecule has 1 atom stereocenters. The lowest BCUT2D eigenvalue weighted by atomic mass is 9.97. The largest absolute Gasteiger partial charge is 0.480 e. The molecule has 0 radical (unpaired) electrons. The first-order valence-electron chi connectivity index (χ1n) is 11.6. The number of nitrogens with zero attached hydrogens (tertiary/aromatic N) is 6. The molecule has 4 rings (SSSR count). The van der Waals surface area contributed by atoms with Crippen LogP contribution < -0.4 is 21.7 Å². The van der Waals surface area contributed by atoms with E-state index in [2.05, 4.69) is 30.2 Å². The molecule has 1 aliphatic heterocycles. The number of amides is 1. The summed E-state index contributed by atoms with van der Waals surface area (Å²) in [6, 6.07) is 7.88. The summed E-state index contributed by atoms with van der Waals surface area (Å²) in [7, 11) is 0. The molecule has 1 amide bonds. The number of carbonyl (C=O) groups excluding carboxylic acids is 1. The molecule has 3 aromatic rings. The minimum absolute atomic E-state index is 0.0340. The highest BCUT2D eigenvalue weighted by atomic mass is 16.5. The highest BCUT2D eigenvalue weighted by Gasteiger charge is 2.25. The van der Waals surface area contributed by atoms with Crippen molar-refractivity contribution in [2.45, 2.75) is 32.0 Å². The van der Waals surface area contributed by atoms with Gasteiger partial charge in [0.15, 0.2) is 22.9 Å². The first-order valence-corrected chi connectivity index (χ1v) is 11.6. The molecular formula is C23H29N9O4. The third kappa shape index (κ3) is 6.17. The number of carbonyl (C=O) groups is 2. The van der Waals surface area contributed by atoms with Crippen molar-refractivity contribution in [3.63, 3.8) is 0 Å². The van der Waals surface area contributed by atoms with Crippen molar-refractivity contribution < 1.29 is 19.4 Å². The van der Waals surface area contributed by atoms with Crippen LogP contribution in [-0.2, 0) is 22.7 Å². The van der Waals surface area contributed by atoms with Crippen molar-refractivity contribution in [2.24, 2.45) is 22.4 Å². The fourth-order valence-corrected chi connectivity index (χ4v) is 4.08. The van der Waals surface area contributed by atoms with Crippen molar-refractivity contribution in [3.05, 3.63) is 48.5 Å². The van der Waals surface area contributed by atoms with Gasteiger partial charge in [0.05, 0.1) is 12.9 Å². The molecular weight excluding hydrogens is 466 g/mol. The van der Waals surface area contributed by atoms with E-state index in [1.54, 1.807) is 4.57 Å². The van der Waals surface area contributed by atoms with E-state index in [9.17, 15) is 14.7 Å². The average molecular weight is 496 g/mol. The molecule has 1 fully saturated rings. The Morgan fingerprint density at radius 1 is 1.17 bits per heavy atom. The van der Waals surface area contributed by atoms with Crippen molar-refractivity contribution in [1.29, 1.82) is 0 Å². The molecule has 13 heteroatoms. The van der Waals surface area contributed by atoms with Crippen molar-refractivity contribution in [3.8, 4) is 0 Å². The maximum atomic E-state index is 12.2. The lowest BCUT2D eigenvalue weighted by Crippen LogP contribution is -2.43. The Labute approximate surface area is 207 Å². The summed E-state index contributed by atoms with van der Waals surface area (Å²) in [5, 5.41) is 12.1. The number of piperidine rings is 1. The van der Waals surface area contributed by atoms with Crippen molar-refractivity contribution in [2.75, 3.05) is 24.5 Å². The zero-order valence-corrected chi connectivity index (χ0v) is 19.7. The van der Waals surface area contributed by atoms with E-state index in [0.717, 1.165) is 31.5 Å². The summed E-state index contributed by atoms with van der Waals surface area (Å²) >= 11 is 0. The predicted molar refractivity (Wildman–Crippen MR) is 132 cm³/mol. The second-order valence-corrected chi connectivity index (χ2v) is 8.56. The van der Waals surface area contributed by atoms with Gasteiger partial charge in [-0.2, -0.15) is 0 Å². The van der Waals surface area contributed by atoms with Gasteiger partial charge in [0.2, 0.25) is 0 Å². The van der Waals surface area contributed by atoms with Gasteiger partial charge in [0, 0.05) is 19.6 Å². The molecule has 0 bridgehead atoms. The van der Waals surface area contributed by atoms with E-state index < -0.39 is 18.1 Å². The summed E-state index contributed by atoms with van der Waals surface area (Å²) in [5.74, 6) is -0.0341. The number of nitrogens with one attached hydrogen (secondary N) is 1. The van der Waals surface area contributed by atoms with Crippen LogP contribution in [-0.4, -0.2) is 68.3 Å². The number of hydrogen-bond acceptors (Lipinski definition) is 8. The summed E-state index contributed by atoms with van der Waals surface area (Å²) < 4.78 is 6.75. The van der Waals surface area contributed by atoms with Crippen LogP contribution in [0, 0.1) is 5.92 Å². The Bertz CT molecular complexity index is 1220. The van der Waals surface area contributed by atoms with E-state index in [-0.39, 0.29) is 19.1 Å². The van der Waals surface area contributed by atoms with Crippen molar-refractivity contribution >= 4 is 35.0 Å². The fraction of sp³-hybridized carbons (Fsp3) is 0.391. The molecule has 0 unspecified atom stereocenters. The smallest absolute Gasteiger partial charge is 0.408 e. The van der Waals surface area contributed by atoms with Gasteiger partial charge in [0.1, 0.15) is 19.0 Å². The summed E-state index contributed by atoms with van der Waals surface area (Å²) in [6.07, 6.45) is 3.91. The minimum atomic E-state index is -1.24. The van der Waals surface area contributed by atoms with Gasteiger partial charge in [0.25, 0.3) is 0 Å². The molecule has 6 N–H and O–H groups in total. The summed E-state index contributed by atoms with van der Waals surface area (Å²) in [5.41, 5.74) is 12.7. The normalized spacial score (nSPS) is 14.8. The van der Waals surface area contributed by atoms with Crippen LogP contribution in [0.15, 0.2) is 48.0 Å². The van der Waals surface area contributed by atoms with E-state index in [1.165, 1.54) is 12.7 Å². The van der Waals surface area contributed by atoms with E-state index in [1.807, 2.05) is 30.3 Å². The molecule has 0 saturated carbocycles. The zero-order chi connectivity index (χ0) is 25.5. The van der Waals surface area contributed by atoms with Crippen LogP contribution in [0.5, 0.6) is 0 Å². The Kier molecular flexibility index (Phi) is 7.78. The number of ether oxygens (including phenoxy) is 1. The SMILES string of the molecule is NC(N)=NCC1CCN(c2ncnc3c2ncn3C[C@H](NC(=O)OCc2ccccc2)C(=O)O)CC1. The van der Waals surface area contributed by atoms with Gasteiger partial charge in [-0.05, 0) is 24.3 Å². The van der Waals surface area contributed by atoms with E-state index in [0.29, 0.717) is 29.4 Å². The molecule has 2 aromatic heterocycles. The quantitative estimate of drug-likeness (QED) is 0.243. The van der Waals surface area contributed by atoms with Gasteiger partial charge in [-0.1, -0.05) is 30.3 Å². The Morgan fingerprint density at radius 2 is 1.92 bits per heavy atom. The number of carboxylic acid groups (broad SMARTS) is 1. The number of nitrogens with two attached hydrogens (primary N) is 2. The predicted octanol–water partition coefficient (Wildman–Crippen LogP) is 0.696. The number of aliphatic imine (C=N–C) groups is 1. The van der Waals surface area contributed by atoms with Gasteiger partial charge < -0.3 is 36.1 Å². The first-order chi connectivity index (χ1) is 17.4. The zero-order valence-electron chi connectivity index (χ0n) is 19.7. The minimum Gasteiger partial charge on any atom is -0.480 e. The van der Waals surface area contributed by atoms with Crippen LogP contribution in [0.4, 0.5) is 10.6 Å². The molecule has 13 nitrogen and oxygen atoms in total. The first kappa shape index (κ1) is 24.7. The van der Waals surface area contributed by atoms with Crippen molar-refractivity contribution in [1.82, 2.24) is 24.8 Å². The van der Waals surface area contributed by atoms with Gasteiger partial charge in [-0.15, -0.1) is 0 Å². The second-order valence-electron chi connectivity index (χ2n) is 8.56. The monoisotopic (exact) mass is 495 g/mol. The number of guanidine groups is 1. The van der Waals surface area contributed by atoms with Crippen LogP contribution in [0.1, 0.15) is 18.4 Å². The Hall–Kier alpha value is -4.42. The van der Waals surface area contributed by atoms with Gasteiger partial charge >= 0.3 is 12.1 Å². The van der Waals surface area contributed by atoms with Crippen LogP contribution >= 0.6 is 0 Å². The lowest BCUT2D eigenvalue weighted by molar-refractivity contribution is -0.139. The molecule has 1 aromatic carbocycles. The third-order valence-electron chi connectivity index (χ3n) is 6.01. The number of benzene rings is 1. The molecule has 190 valence electrons. The number of hydrogen-bond donors (Lipinski definition) is 4. The third-order valence-corrected chi connectivity index (χ3v) is 6.01. The molecule has 3 heterocycles. The maximum Gasteiger partial charge on any atom is 0.408 e. The molecule has 1 aliphatic rings. The topological polar surface area (TPSA) is 187 Å². The second kappa shape index (κ2) is 11.3. The standard InChI is InChI=1S/C23H29N9O4/c24-22(25)26-10-15-6-8-31(9-7-15)19-18-20(28-13-27-19)32(14-29-18)11-17(21(33)34)30-23(35)36-12-16-4-2-1-3-5-16/h1-5,13-15,17H,6-12H2,(H,30,35)(H,33,34)(H4,24,25,26)/t17-/m0/s1. The van der Waals surface area contributed by atoms with E-state index in [4.69, 9.17) is 16.2 Å². The number of carboxylic acids is 1. The summed E-state index contributed by atoms with van der Waals surface area (Å²) in [4.78, 5) is 43.5. The Balaban J connectivity index is 1.41. The van der Waals surface area contributed by atoms with Crippen LogP contribution in [0.25, 0.3) is 11.2 Å². The van der Waals surface area contributed by atoms with E-state index >= 15 is 0 Å². The number of alkyl carbamates (subject to hydrolysis) is 1. The molecule has 1 saturated heterocycles. The van der Waals surface area contributed by atoms with Gasteiger partial charge in [-0.3, -0.25) is 4.99 Å². The van der Waals surface area contributed by atoms with Crippen LogP contribution in [0.3, 0.4) is 0 Å². The van der Waals surface area contributed by atoms with Crippen LogP contribution in [0.2, 0.25) is 0 Å². The average Bonchev–Trinajstić information content (AvgIpc) is 3.29. The fourth-order valence-electron chi connectivity index (χ4n) is 4.08. The molecule has 0 aliphatic carbocycles. The number of anilines is 1. The number of imidazole rings is 1. The lowest BCUT2D eigenvalue weighted by Gasteiger charge is -2.32.